The van der Waals surface area contributed by atoms with Crippen molar-refractivity contribution in [2.45, 2.75) is 84.5 Å². The van der Waals surface area contributed by atoms with Crippen LogP contribution in [0, 0.1) is 5.92 Å². The van der Waals surface area contributed by atoms with Crippen LogP contribution in [0.3, 0.4) is 0 Å². The zero-order valence-corrected chi connectivity index (χ0v) is 13.5. The number of carbonyl (C=O) groups excluding carboxylic acids is 1. The molecule has 2 nitrogen and oxygen atoms in total. The van der Waals surface area contributed by atoms with E-state index in [2.05, 4.69) is 13.0 Å². The van der Waals surface area contributed by atoms with Gasteiger partial charge in [-0.05, 0) is 38.5 Å². The number of rotatable bonds is 9. The van der Waals surface area contributed by atoms with Crippen LogP contribution in [-0.4, -0.2) is 12.6 Å². The molecule has 0 aliphatic heterocycles. The van der Waals surface area contributed by atoms with Crippen LogP contribution in [0.5, 0.6) is 0 Å². The third-order valence-electron chi connectivity index (χ3n) is 4.17. The van der Waals surface area contributed by atoms with Gasteiger partial charge in [0.2, 0.25) is 0 Å². The van der Waals surface area contributed by atoms with Gasteiger partial charge in [0.1, 0.15) is 0 Å². The van der Waals surface area contributed by atoms with Gasteiger partial charge in [0.25, 0.3) is 0 Å². The van der Waals surface area contributed by atoms with E-state index in [1.807, 2.05) is 6.92 Å². The standard InChI is InChI=1S/C18H32O2/c1-3-5-6-7-8-9-12-16-13-10-11-14-17(15-16)18(19)20-4-2/h15-16H,3-14H2,1-2H3. The Morgan fingerprint density at radius 2 is 1.90 bits per heavy atom. The van der Waals surface area contributed by atoms with Gasteiger partial charge in [-0.15, -0.1) is 0 Å². The second-order valence-electron chi connectivity index (χ2n) is 5.97. The molecule has 116 valence electrons. The Morgan fingerprint density at radius 1 is 1.15 bits per heavy atom. The molecule has 0 saturated heterocycles. The molecule has 1 aliphatic carbocycles. The van der Waals surface area contributed by atoms with E-state index >= 15 is 0 Å². The number of ether oxygens (including phenoxy) is 1. The van der Waals surface area contributed by atoms with Gasteiger partial charge in [0.15, 0.2) is 0 Å². The Labute approximate surface area is 125 Å². The number of allylic oxidation sites excluding steroid dienone is 1. The number of carbonyl (C=O) groups is 1. The zero-order valence-electron chi connectivity index (χ0n) is 13.5. The summed E-state index contributed by atoms with van der Waals surface area (Å²) in [5.41, 5.74) is 0.931. The zero-order chi connectivity index (χ0) is 14.6. The fourth-order valence-electron chi connectivity index (χ4n) is 2.98. The van der Waals surface area contributed by atoms with Gasteiger partial charge < -0.3 is 4.74 Å². The minimum atomic E-state index is -0.0812. The van der Waals surface area contributed by atoms with Gasteiger partial charge in [-0.25, -0.2) is 4.79 Å². The summed E-state index contributed by atoms with van der Waals surface area (Å²) in [6, 6.07) is 0. The lowest BCUT2D eigenvalue weighted by Gasteiger charge is -2.11. The molecule has 0 radical (unpaired) electrons. The van der Waals surface area contributed by atoms with E-state index in [0.717, 1.165) is 18.4 Å². The summed E-state index contributed by atoms with van der Waals surface area (Å²) >= 11 is 0. The topological polar surface area (TPSA) is 26.3 Å². The van der Waals surface area contributed by atoms with Gasteiger partial charge in [-0.3, -0.25) is 0 Å². The van der Waals surface area contributed by atoms with E-state index in [-0.39, 0.29) is 5.97 Å². The Morgan fingerprint density at radius 3 is 2.65 bits per heavy atom. The molecule has 0 fully saturated rings. The fourth-order valence-corrected chi connectivity index (χ4v) is 2.98. The fraction of sp³-hybridized carbons (Fsp3) is 0.833. The summed E-state index contributed by atoms with van der Waals surface area (Å²) in [5, 5.41) is 0. The molecule has 0 aromatic rings. The van der Waals surface area contributed by atoms with E-state index in [0.29, 0.717) is 12.5 Å². The van der Waals surface area contributed by atoms with Gasteiger partial charge in [-0.2, -0.15) is 0 Å². The first-order chi connectivity index (χ1) is 9.77. The van der Waals surface area contributed by atoms with E-state index in [4.69, 9.17) is 4.74 Å². The summed E-state index contributed by atoms with van der Waals surface area (Å²) in [4.78, 5) is 11.9. The molecule has 1 rings (SSSR count). The maximum Gasteiger partial charge on any atom is 0.333 e. The molecular formula is C18H32O2. The van der Waals surface area contributed by atoms with Gasteiger partial charge >= 0.3 is 5.97 Å². The van der Waals surface area contributed by atoms with Crippen molar-refractivity contribution in [2.24, 2.45) is 5.92 Å². The largest absolute Gasteiger partial charge is 0.463 e. The molecule has 0 saturated carbocycles. The van der Waals surface area contributed by atoms with Crippen LogP contribution >= 0.6 is 0 Å². The van der Waals surface area contributed by atoms with E-state index < -0.39 is 0 Å². The van der Waals surface area contributed by atoms with Crippen molar-refractivity contribution in [3.8, 4) is 0 Å². The van der Waals surface area contributed by atoms with Crippen molar-refractivity contribution in [1.29, 1.82) is 0 Å². The summed E-state index contributed by atoms with van der Waals surface area (Å²) in [7, 11) is 0. The van der Waals surface area contributed by atoms with Crippen LogP contribution < -0.4 is 0 Å². The molecule has 0 spiro atoms. The Kier molecular flexibility index (Phi) is 9.44. The minimum absolute atomic E-state index is 0.0812. The molecule has 0 bridgehead atoms. The highest BCUT2D eigenvalue weighted by Crippen LogP contribution is 2.26. The van der Waals surface area contributed by atoms with Crippen molar-refractivity contribution in [1.82, 2.24) is 0 Å². The third kappa shape index (κ3) is 7.12. The Bertz CT molecular complexity index is 294. The Balaban J connectivity index is 2.31. The first kappa shape index (κ1) is 17.3. The first-order valence-corrected chi connectivity index (χ1v) is 8.65. The average molecular weight is 280 g/mol. The van der Waals surface area contributed by atoms with Crippen LogP contribution in [0.2, 0.25) is 0 Å². The monoisotopic (exact) mass is 280 g/mol. The molecule has 0 aromatic heterocycles. The quantitative estimate of drug-likeness (QED) is 0.416. The van der Waals surface area contributed by atoms with E-state index in [1.54, 1.807) is 0 Å². The highest BCUT2D eigenvalue weighted by Gasteiger charge is 2.17. The van der Waals surface area contributed by atoms with Crippen molar-refractivity contribution >= 4 is 5.97 Å². The molecule has 0 amide bonds. The van der Waals surface area contributed by atoms with Crippen molar-refractivity contribution < 1.29 is 9.53 Å². The summed E-state index contributed by atoms with van der Waals surface area (Å²) in [6.45, 7) is 4.62. The highest BCUT2D eigenvalue weighted by molar-refractivity contribution is 5.88. The summed E-state index contributed by atoms with van der Waals surface area (Å²) < 4.78 is 5.15. The lowest BCUT2D eigenvalue weighted by Crippen LogP contribution is -2.08. The van der Waals surface area contributed by atoms with E-state index in [1.165, 1.54) is 57.8 Å². The molecule has 1 unspecified atom stereocenters. The number of unbranched alkanes of at least 4 members (excludes halogenated alkanes) is 5. The normalized spacial score (nSPS) is 19.3. The average Bonchev–Trinajstić information content (AvgIpc) is 2.68. The predicted molar refractivity (Wildman–Crippen MR) is 84.7 cm³/mol. The minimum Gasteiger partial charge on any atom is -0.463 e. The molecule has 1 aliphatic rings. The van der Waals surface area contributed by atoms with Crippen molar-refractivity contribution in [2.75, 3.05) is 6.61 Å². The molecule has 20 heavy (non-hydrogen) atoms. The SMILES string of the molecule is CCCCCCCCC1C=C(C(=O)OCC)CCCC1. The molecular weight excluding hydrogens is 248 g/mol. The number of esters is 1. The molecule has 2 heteroatoms. The van der Waals surface area contributed by atoms with Gasteiger partial charge in [-0.1, -0.05) is 57.9 Å². The van der Waals surface area contributed by atoms with Crippen molar-refractivity contribution in [3.05, 3.63) is 11.6 Å². The second kappa shape index (κ2) is 10.9. The van der Waals surface area contributed by atoms with Crippen LogP contribution in [0.4, 0.5) is 0 Å². The molecule has 0 aromatic carbocycles. The van der Waals surface area contributed by atoms with Crippen LogP contribution in [0.15, 0.2) is 11.6 Å². The third-order valence-corrected chi connectivity index (χ3v) is 4.17. The smallest absolute Gasteiger partial charge is 0.333 e. The number of hydrogen-bond donors (Lipinski definition) is 0. The maximum absolute atomic E-state index is 11.9. The van der Waals surface area contributed by atoms with Gasteiger partial charge in [0.05, 0.1) is 6.61 Å². The summed E-state index contributed by atoms with van der Waals surface area (Å²) in [5.74, 6) is 0.519. The maximum atomic E-state index is 11.9. The summed E-state index contributed by atoms with van der Waals surface area (Å²) in [6.07, 6.45) is 16.1. The molecule has 0 heterocycles. The molecule has 1 atom stereocenters. The second-order valence-corrected chi connectivity index (χ2v) is 5.97. The highest BCUT2D eigenvalue weighted by atomic mass is 16.5. The lowest BCUT2D eigenvalue weighted by molar-refractivity contribution is -0.138. The lowest BCUT2D eigenvalue weighted by atomic mass is 9.95. The van der Waals surface area contributed by atoms with E-state index in [9.17, 15) is 4.79 Å². The Hall–Kier alpha value is -0.790. The van der Waals surface area contributed by atoms with Gasteiger partial charge in [0, 0.05) is 5.57 Å². The van der Waals surface area contributed by atoms with Crippen molar-refractivity contribution in [3.63, 3.8) is 0 Å². The first-order valence-electron chi connectivity index (χ1n) is 8.65. The molecule has 0 N–H and O–H groups in total. The van der Waals surface area contributed by atoms with Crippen LogP contribution in [-0.2, 0) is 9.53 Å². The van der Waals surface area contributed by atoms with Crippen LogP contribution in [0.1, 0.15) is 84.5 Å². The predicted octanol–water partition coefficient (Wildman–Crippen LogP) is 5.42. The van der Waals surface area contributed by atoms with Crippen LogP contribution in [0.25, 0.3) is 0 Å². The number of hydrogen-bond acceptors (Lipinski definition) is 2.